The minimum atomic E-state index is -0.124. The molecule has 1 amide bonds. The van der Waals surface area contributed by atoms with E-state index in [2.05, 4.69) is 32.4 Å². The van der Waals surface area contributed by atoms with Gasteiger partial charge in [0, 0.05) is 60.1 Å². The maximum absolute atomic E-state index is 12.5. The fourth-order valence-electron chi connectivity index (χ4n) is 5.85. The molecule has 0 atom stereocenters. The first-order valence-corrected chi connectivity index (χ1v) is 13.1. The van der Waals surface area contributed by atoms with Gasteiger partial charge in [0.1, 0.15) is 5.69 Å². The smallest absolute Gasteiger partial charge is 0.251 e. The Morgan fingerprint density at radius 3 is 2.65 bits per heavy atom. The number of benzene rings is 2. The molecule has 0 radical (unpaired) electrons. The van der Waals surface area contributed by atoms with Gasteiger partial charge in [-0.05, 0) is 55.9 Å². The van der Waals surface area contributed by atoms with Gasteiger partial charge in [-0.2, -0.15) is 10.2 Å². The molecule has 2 aromatic carbocycles. The minimum absolute atomic E-state index is 0.124. The third-order valence-electron chi connectivity index (χ3n) is 7.96. The summed E-state index contributed by atoms with van der Waals surface area (Å²) in [7, 11) is 1.62. The molecule has 37 heavy (non-hydrogen) atoms. The Bertz CT molecular complexity index is 1480. The number of ether oxygens (including phenoxy) is 1. The number of hydrogen-bond acceptors (Lipinski definition) is 5. The van der Waals surface area contributed by atoms with Crippen molar-refractivity contribution in [2.45, 2.75) is 32.7 Å². The van der Waals surface area contributed by atoms with E-state index in [1.54, 1.807) is 7.11 Å². The number of H-pyrrole nitrogens is 1. The van der Waals surface area contributed by atoms with Crippen LogP contribution in [-0.2, 0) is 4.74 Å². The van der Waals surface area contributed by atoms with Crippen molar-refractivity contribution in [3.8, 4) is 22.4 Å². The van der Waals surface area contributed by atoms with Crippen LogP contribution in [-0.4, -0.2) is 59.2 Å². The van der Waals surface area contributed by atoms with E-state index in [0.29, 0.717) is 35.2 Å². The molecule has 2 aromatic heterocycles. The SMILES string of the molecule is COCCNC(=O)c1ccc(-c2nn(C3CC4(CNC4)C3)c(C)c2-c2c(Cl)c(C)cc3[nH]ncc23)cc1. The van der Waals surface area contributed by atoms with E-state index in [9.17, 15) is 4.79 Å². The number of hydrogen-bond donors (Lipinski definition) is 3. The number of carbonyl (C=O) groups is 1. The molecule has 1 spiro atoms. The van der Waals surface area contributed by atoms with Crippen LogP contribution < -0.4 is 10.6 Å². The molecule has 9 heteroatoms. The average molecular weight is 519 g/mol. The number of methoxy groups -OCH3 is 1. The van der Waals surface area contributed by atoms with Gasteiger partial charge in [0.15, 0.2) is 0 Å². The highest BCUT2D eigenvalue weighted by Crippen LogP contribution is 2.53. The molecule has 0 unspecified atom stereocenters. The van der Waals surface area contributed by atoms with E-state index in [1.165, 1.54) is 0 Å². The summed E-state index contributed by atoms with van der Waals surface area (Å²) in [6.07, 6.45) is 4.09. The number of nitrogens with one attached hydrogen (secondary N) is 3. The lowest BCUT2D eigenvalue weighted by molar-refractivity contribution is 0.00164. The normalized spacial score (nSPS) is 16.6. The molecular weight excluding hydrogens is 488 g/mol. The molecule has 3 N–H and O–H groups in total. The van der Waals surface area contributed by atoms with E-state index >= 15 is 0 Å². The Balaban J connectivity index is 1.44. The predicted octanol–water partition coefficient (Wildman–Crippen LogP) is 4.66. The predicted molar refractivity (Wildman–Crippen MR) is 145 cm³/mol. The van der Waals surface area contributed by atoms with Gasteiger partial charge < -0.3 is 15.4 Å². The summed E-state index contributed by atoms with van der Waals surface area (Å²) in [6, 6.07) is 10.0. The summed E-state index contributed by atoms with van der Waals surface area (Å²) in [6.45, 7) is 7.28. The van der Waals surface area contributed by atoms with Crippen LogP contribution in [0.25, 0.3) is 33.3 Å². The molecule has 1 aliphatic heterocycles. The highest BCUT2D eigenvalue weighted by Gasteiger charge is 2.50. The maximum Gasteiger partial charge on any atom is 0.251 e. The monoisotopic (exact) mass is 518 g/mol. The van der Waals surface area contributed by atoms with E-state index in [-0.39, 0.29) is 5.91 Å². The molecule has 1 aliphatic carbocycles. The van der Waals surface area contributed by atoms with Gasteiger partial charge >= 0.3 is 0 Å². The number of halogens is 1. The second kappa shape index (κ2) is 9.28. The van der Waals surface area contributed by atoms with Crippen molar-refractivity contribution in [2.75, 3.05) is 33.4 Å². The third-order valence-corrected chi connectivity index (χ3v) is 8.45. The van der Waals surface area contributed by atoms with Gasteiger partial charge in [-0.1, -0.05) is 23.7 Å². The second-order valence-corrected chi connectivity index (χ2v) is 10.8. The highest BCUT2D eigenvalue weighted by atomic mass is 35.5. The minimum Gasteiger partial charge on any atom is -0.383 e. The Kier molecular flexibility index (Phi) is 6.06. The van der Waals surface area contributed by atoms with Crippen LogP contribution in [0, 0.1) is 19.3 Å². The molecule has 1 saturated heterocycles. The lowest BCUT2D eigenvalue weighted by Gasteiger charge is -2.54. The Labute approximate surface area is 220 Å². The van der Waals surface area contributed by atoms with Crippen molar-refractivity contribution in [2.24, 2.45) is 5.41 Å². The van der Waals surface area contributed by atoms with Gasteiger partial charge in [-0.15, -0.1) is 0 Å². The van der Waals surface area contributed by atoms with Crippen LogP contribution in [0.3, 0.4) is 0 Å². The number of aryl methyl sites for hydroxylation is 1. The van der Waals surface area contributed by atoms with Crippen LogP contribution >= 0.6 is 11.6 Å². The lowest BCUT2D eigenvalue weighted by atomic mass is 9.61. The van der Waals surface area contributed by atoms with Gasteiger partial charge in [-0.25, -0.2) is 0 Å². The zero-order valence-corrected chi connectivity index (χ0v) is 22.1. The number of fused-ring (bicyclic) bond motifs is 1. The molecule has 4 aromatic rings. The van der Waals surface area contributed by atoms with E-state index in [0.717, 1.165) is 70.5 Å². The lowest BCUT2D eigenvalue weighted by Crippen LogP contribution is -2.60. The summed E-state index contributed by atoms with van der Waals surface area (Å²) >= 11 is 6.99. The van der Waals surface area contributed by atoms with Crippen LogP contribution in [0.15, 0.2) is 36.5 Å². The first-order chi connectivity index (χ1) is 17.9. The Morgan fingerprint density at radius 1 is 1.22 bits per heavy atom. The molecule has 0 bridgehead atoms. The Hall–Kier alpha value is -3.20. The fraction of sp³-hybridized carbons (Fsp3) is 0.393. The summed E-state index contributed by atoms with van der Waals surface area (Å²) in [4.78, 5) is 12.5. The van der Waals surface area contributed by atoms with E-state index in [1.807, 2.05) is 43.5 Å². The summed E-state index contributed by atoms with van der Waals surface area (Å²) in [5.41, 5.74) is 7.83. The molecule has 2 fully saturated rings. The van der Waals surface area contributed by atoms with Gasteiger partial charge in [-0.3, -0.25) is 14.6 Å². The number of amides is 1. The quantitative estimate of drug-likeness (QED) is 0.309. The van der Waals surface area contributed by atoms with Crippen molar-refractivity contribution in [3.63, 3.8) is 0 Å². The van der Waals surface area contributed by atoms with Gasteiger partial charge in [0.2, 0.25) is 0 Å². The number of aromatic amines is 1. The van der Waals surface area contributed by atoms with Crippen molar-refractivity contribution in [1.82, 2.24) is 30.6 Å². The van der Waals surface area contributed by atoms with Crippen LogP contribution in [0.1, 0.15) is 40.5 Å². The first-order valence-electron chi connectivity index (χ1n) is 12.7. The largest absolute Gasteiger partial charge is 0.383 e. The van der Waals surface area contributed by atoms with Crippen LogP contribution in [0.2, 0.25) is 5.02 Å². The van der Waals surface area contributed by atoms with Crippen molar-refractivity contribution < 1.29 is 9.53 Å². The topological polar surface area (TPSA) is 96.9 Å². The zero-order chi connectivity index (χ0) is 25.7. The molecular formula is C28H31ClN6O2. The molecule has 8 nitrogen and oxygen atoms in total. The van der Waals surface area contributed by atoms with E-state index < -0.39 is 0 Å². The third kappa shape index (κ3) is 4.04. The number of nitrogens with zero attached hydrogens (tertiary/aromatic N) is 3. The van der Waals surface area contributed by atoms with Crippen LogP contribution in [0.4, 0.5) is 0 Å². The van der Waals surface area contributed by atoms with Crippen molar-refractivity contribution in [1.29, 1.82) is 0 Å². The van der Waals surface area contributed by atoms with Gasteiger partial charge in [0.25, 0.3) is 5.91 Å². The summed E-state index contributed by atoms with van der Waals surface area (Å²) in [5.74, 6) is -0.124. The first kappa shape index (κ1) is 24.2. The van der Waals surface area contributed by atoms with Crippen LogP contribution in [0.5, 0.6) is 0 Å². The highest BCUT2D eigenvalue weighted by molar-refractivity contribution is 6.36. The molecule has 6 rings (SSSR count). The molecule has 192 valence electrons. The standard InChI is InChI=1S/C28H31ClN6O2/c1-16-10-22-21(13-32-33-22)24(25(16)29)23-17(2)35(20-11-28(12-20)14-30-15-28)34-26(23)18-4-6-19(7-5-18)27(36)31-8-9-37-3/h4-7,10,13,20,30H,8-9,11-12,14-15H2,1-3H3,(H,31,36)(H,32,33). The molecule has 1 saturated carbocycles. The Morgan fingerprint density at radius 2 is 1.97 bits per heavy atom. The number of rotatable bonds is 7. The fourth-order valence-corrected chi connectivity index (χ4v) is 6.10. The maximum atomic E-state index is 12.5. The molecule has 2 aliphatic rings. The summed E-state index contributed by atoms with van der Waals surface area (Å²) in [5, 5.41) is 20.6. The summed E-state index contributed by atoms with van der Waals surface area (Å²) < 4.78 is 7.23. The number of carbonyl (C=O) groups excluding carboxylic acids is 1. The van der Waals surface area contributed by atoms with E-state index in [4.69, 9.17) is 21.4 Å². The zero-order valence-electron chi connectivity index (χ0n) is 21.3. The average Bonchev–Trinajstić information content (AvgIpc) is 3.43. The van der Waals surface area contributed by atoms with Gasteiger partial charge in [0.05, 0.1) is 29.4 Å². The molecule has 3 heterocycles. The van der Waals surface area contributed by atoms with Crippen molar-refractivity contribution in [3.05, 3.63) is 58.4 Å². The number of aromatic nitrogens is 4. The second-order valence-electron chi connectivity index (χ2n) is 10.5. The van der Waals surface area contributed by atoms with Crippen molar-refractivity contribution >= 4 is 28.4 Å².